The molecule has 0 aliphatic carbocycles. The molecule has 0 fully saturated rings. The highest BCUT2D eigenvalue weighted by Crippen LogP contribution is 2.30. The van der Waals surface area contributed by atoms with Gasteiger partial charge in [0.15, 0.2) is 28.6 Å². The largest absolute Gasteiger partial charge is 0.493 e. The first-order valence-corrected chi connectivity index (χ1v) is 9.94. The number of nitrogens with zero attached hydrogens (tertiary/aromatic N) is 3. The zero-order valence-electron chi connectivity index (χ0n) is 16.6. The van der Waals surface area contributed by atoms with E-state index in [1.165, 1.54) is 0 Å². The molecule has 1 atom stereocenters. The molecule has 0 aliphatic heterocycles. The summed E-state index contributed by atoms with van der Waals surface area (Å²) in [5.41, 5.74) is -0.210. The molecule has 1 heterocycles. The van der Waals surface area contributed by atoms with Crippen LogP contribution in [0.5, 0.6) is 11.5 Å². The van der Waals surface area contributed by atoms with Crippen LogP contribution in [0.15, 0.2) is 47.6 Å². The molecule has 1 aromatic heterocycles. The maximum atomic E-state index is 13.6. The smallest absolute Gasteiger partial charge is 0.234 e. The van der Waals surface area contributed by atoms with E-state index in [4.69, 9.17) is 9.47 Å². The van der Waals surface area contributed by atoms with Crippen LogP contribution in [0, 0.1) is 11.6 Å². The second-order valence-corrected chi connectivity index (χ2v) is 7.21. The highest BCUT2D eigenvalue weighted by atomic mass is 32.2. The Labute approximate surface area is 176 Å². The van der Waals surface area contributed by atoms with Gasteiger partial charge in [0, 0.05) is 13.1 Å². The van der Waals surface area contributed by atoms with Gasteiger partial charge in [-0.2, -0.15) is 0 Å². The Hall–Kier alpha value is -3.14. The fraction of sp³-hybridized carbons (Fsp3) is 0.250. The van der Waals surface area contributed by atoms with Crippen molar-refractivity contribution in [2.45, 2.75) is 18.2 Å². The molecule has 30 heavy (non-hydrogen) atoms. The highest BCUT2D eigenvalue weighted by Gasteiger charge is 2.19. The topological polar surface area (TPSA) is 78.3 Å². The Morgan fingerprint density at radius 1 is 1.20 bits per heavy atom. The minimum absolute atomic E-state index is 0.0519. The lowest BCUT2D eigenvalue weighted by Crippen LogP contribution is -2.16. The Bertz CT molecular complexity index is 1040. The number of amides is 1. The van der Waals surface area contributed by atoms with Crippen LogP contribution in [0.25, 0.3) is 0 Å². The molecule has 0 bridgehead atoms. The molecule has 10 heteroatoms. The van der Waals surface area contributed by atoms with Crippen molar-refractivity contribution in [3.8, 4) is 11.5 Å². The maximum absolute atomic E-state index is 13.6. The first-order chi connectivity index (χ1) is 14.4. The van der Waals surface area contributed by atoms with Crippen molar-refractivity contribution in [3.63, 3.8) is 0 Å². The average Bonchev–Trinajstić information content (AvgIpc) is 3.10. The lowest BCUT2D eigenvalue weighted by Gasteiger charge is -2.16. The summed E-state index contributed by atoms with van der Waals surface area (Å²) in [4.78, 5) is 12.1. The quantitative estimate of drug-likeness (QED) is 0.541. The van der Waals surface area contributed by atoms with E-state index in [2.05, 4.69) is 15.5 Å². The van der Waals surface area contributed by atoms with Gasteiger partial charge in [0.2, 0.25) is 5.91 Å². The molecule has 7 nitrogen and oxygen atoms in total. The van der Waals surface area contributed by atoms with Crippen LogP contribution in [0.3, 0.4) is 0 Å². The number of hydrogen-bond donors (Lipinski definition) is 1. The Balaban J connectivity index is 1.62. The van der Waals surface area contributed by atoms with Gasteiger partial charge in [-0.3, -0.25) is 4.79 Å². The molecule has 1 N–H and O–H groups in total. The van der Waals surface area contributed by atoms with Gasteiger partial charge in [-0.1, -0.05) is 23.9 Å². The van der Waals surface area contributed by atoms with E-state index in [0.717, 1.165) is 30.0 Å². The van der Waals surface area contributed by atoms with E-state index in [-0.39, 0.29) is 11.4 Å². The standard InChI is InChI=1S/C20H20F2N4O3S/c1-12(29-17-7-5-4-6-16(17)28-3)19-24-25-20(26(19)2)30-11-18(27)23-15-10-13(21)8-9-14(15)22/h4-10,12H,11H2,1-3H3,(H,23,27). The zero-order chi connectivity index (χ0) is 21.7. The van der Waals surface area contributed by atoms with Gasteiger partial charge in [-0.15, -0.1) is 10.2 Å². The fourth-order valence-corrected chi connectivity index (χ4v) is 3.39. The van der Waals surface area contributed by atoms with Crippen molar-refractivity contribution in [2.24, 2.45) is 7.05 Å². The number of carbonyl (C=O) groups is 1. The van der Waals surface area contributed by atoms with E-state index in [9.17, 15) is 13.6 Å². The van der Waals surface area contributed by atoms with Gasteiger partial charge in [0.25, 0.3) is 0 Å². The molecule has 0 spiro atoms. The molecule has 2 aromatic carbocycles. The molecule has 0 saturated heterocycles. The number of thioether (sulfide) groups is 1. The lowest BCUT2D eigenvalue weighted by molar-refractivity contribution is -0.113. The van der Waals surface area contributed by atoms with Crippen molar-refractivity contribution in [1.29, 1.82) is 0 Å². The fourth-order valence-electron chi connectivity index (χ4n) is 2.67. The molecule has 0 radical (unpaired) electrons. The number of methoxy groups -OCH3 is 1. The summed E-state index contributed by atoms with van der Waals surface area (Å²) in [6.07, 6.45) is -0.427. The zero-order valence-corrected chi connectivity index (χ0v) is 17.4. The molecular formula is C20H20F2N4O3S. The summed E-state index contributed by atoms with van der Waals surface area (Å²) in [6, 6.07) is 10.1. The van der Waals surface area contributed by atoms with E-state index in [1.807, 2.05) is 19.1 Å². The SMILES string of the molecule is COc1ccccc1OC(C)c1nnc(SCC(=O)Nc2cc(F)ccc2F)n1C. The third kappa shape index (κ3) is 5.07. The summed E-state index contributed by atoms with van der Waals surface area (Å²) >= 11 is 1.12. The number of rotatable bonds is 8. The predicted molar refractivity (Wildman–Crippen MR) is 109 cm³/mol. The average molecular weight is 434 g/mol. The van der Waals surface area contributed by atoms with Gasteiger partial charge < -0.3 is 19.4 Å². The molecule has 1 unspecified atom stereocenters. The Morgan fingerprint density at radius 2 is 1.93 bits per heavy atom. The Kier molecular flexibility index (Phi) is 6.88. The van der Waals surface area contributed by atoms with Crippen molar-refractivity contribution in [2.75, 3.05) is 18.2 Å². The van der Waals surface area contributed by atoms with Crippen LogP contribution in [0.4, 0.5) is 14.5 Å². The molecule has 158 valence electrons. The lowest BCUT2D eigenvalue weighted by atomic mass is 10.3. The van der Waals surface area contributed by atoms with Crippen LogP contribution >= 0.6 is 11.8 Å². The second kappa shape index (κ2) is 9.57. The van der Waals surface area contributed by atoms with Crippen LogP contribution in [-0.4, -0.2) is 33.5 Å². The third-order valence-electron chi connectivity index (χ3n) is 4.14. The van der Waals surface area contributed by atoms with Crippen molar-refractivity contribution in [3.05, 3.63) is 59.9 Å². The Morgan fingerprint density at radius 3 is 2.67 bits per heavy atom. The predicted octanol–water partition coefficient (Wildman–Crippen LogP) is 3.97. The number of hydrogen-bond acceptors (Lipinski definition) is 6. The minimum atomic E-state index is -0.710. The number of anilines is 1. The number of para-hydroxylation sites is 2. The molecule has 3 rings (SSSR count). The van der Waals surface area contributed by atoms with Crippen molar-refractivity contribution in [1.82, 2.24) is 14.8 Å². The molecule has 3 aromatic rings. The summed E-state index contributed by atoms with van der Waals surface area (Å²) in [7, 11) is 3.31. The molecule has 1 amide bonds. The summed E-state index contributed by atoms with van der Waals surface area (Å²) in [5.74, 6) is -0.167. The van der Waals surface area contributed by atoms with E-state index >= 15 is 0 Å². The van der Waals surface area contributed by atoms with Gasteiger partial charge in [0.05, 0.1) is 18.6 Å². The van der Waals surface area contributed by atoms with Crippen molar-refractivity contribution < 1.29 is 23.0 Å². The van der Waals surface area contributed by atoms with Gasteiger partial charge in [-0.05, 0) is 31.2 Å². The van der Waals surface area contributed by atoms with Crippen LogP contribution in [-0.2, 0) is 11.8 Å². The van der Waals surface area contributed by atoms with Crippen LogP contribution in [0.1, 0.15) is 18.9 Å². The summed E-state index contributed by atoms with van der Waals surface area (Å²) in [6.45, 7) is 1.82. The number of carbonyl (C=O) groups excluding carboxylic acids is 1. The number of ether oxygens (including phenoxy) is 2. The van der Waals surface area contributed by atoms with Gasteiger partial charge >= 0.3 is 0 Å². The van der Waals surface area contributed by atoms with E-state index < -0.39 is 23.6 Å². The number of halogens is 2. The first kappa shape index (κ1) is 21.6. The highest BCUT2D eigenvalue weighted by molar-refractivity contribution is 7.99. The molecular weight excluding hydrogens is 414 g/mol. The number of nitrogens with one attached hydrogen (secondary N) is 1. The maximum Gasteiger partial charge on any atom is 0.234 e. The van der Waals surface area contributed by atoms with E-state index in [1.54, 1.807) is 30.9 Å². The summed E-state index contributed by atoms with van der Waals surface area (Å²) in [5, 5.41) is 11.0. The van der Waals surface area contributed by atoms with Crippen molar-refractivity contribution >= 4 is 23.4 Å². The monoisotopic (exact) mass is 434 g/mol. The summed E-state index contributed by atoms with van der Waals surface area (Å²) < 4.78 is 39.8. The first-order valence-electron chi connectivity index (χ1n) is 8.95. The normalized spacial score (nSPS) is 11.8. The third-order valence-corrected chi connectivity index (χ3v) is 5.16. The molecule has 0 saturated carbocycles. The molecule has 0 aliphatic rings. The van der Waals surface area contributed by atoms with Gasteiger partial charge in [-0.25, -0.2) is 8.78 Å². The van der Waals surface area contributed by atoms with Crippen LogP contribution in [0.2, 0.25) is 0 Å². The second-order valence-electron chi connectivity index (χ2n) is 6.27. The van der Waals surface area contributed by atoms with Gasteiger partial charge in [0.1, 0.15) is 11.6 Å². The van der Waals surface area contributed by atoms with E-state index in [0.29, 0.717) is 22.5 Å². The minimum Gasteiger partial charge on any atom is -0.493 e. The van der Waals surface area contributed by atoms with Crippen LogP contribution < -0.4 is 14.8 Å². The number of aromatic nitrogens is 3. The number of benzene rings is 2.